The summed E-state index contributed by atoms with van der Waals surface area (Å²) >= 11 is 3.03. The van der Waals surface area contributed by atoms with Gasteiger partial charge in [0, 0.05) is 10.3 Å². The highest BCUT2D eigenvalue weighted by molar-refractivity contribution is 8.00. The van der Waals surface area contributed by atoms with Crippen LogP contribution in [0.2, 0.25) is 0 Å². The van der Waals surface area contributed by atoms with E-state index >= 15 is 0 Å². The molecule has 6 heteroatoms. The normalized spacial score (nSPS) is 10.7. The number of anilines is 1. The number of rotatable bonds is 5. The molecule has 3 aromatic rings. The number of aromatic nitrogens is 2. The zero-order valence-electron chi connectivity index (χ0n) is 12.5. The molecule has 1 heterocycles. The summed E-state index contributed by atoms with van der Waals surface area (Å²) in [6.07, 6.45) is 3.53. The molecular weight excluding hydrogens is 326 g/mol. The molecule has 0 radical (unpaired) electrons. The number of carbonyl (C=O) groups is 1. The summed E-state index contributed by atoms with van der Waals surface area (Å²) in [5.41, 5.74) is 1.73. The second-order valence-electron chi connectivity index (χ2n) is 4.73. The van der Waals surface area contributed by atoms with Crippen LogP contribution in [0.5, 0.6) is 0 Å². The molecule has 0 spiro atoms. The van der Waals surface area contributed by atoms with Crippen molar-refractivity contribution >= 4 is 46.0 Å². The average molecular weight is 341 g/mol. The highest BCUT2D eigenvalue weighted by atomic mass is 32.2. The highest BCUT2D eigenvalue weighted by Gasteiger charge is 2.09. The predicted octanol–water partition coefficient (Wildman–Crippen LogP) is 4.08. The maximum Gasteiger partial charge on any atom is 0.234 e. The Morgan fingerprint density at radius 2 is 1.87 bits per heavy atom. The number of carbonyl (C=O) groups excluding carboxylic acids is 1. The molecule has 0 unspecified atom stereocenters. The summed E-state index contributed by atoms with van der Waals surface area (Å²) in [4.78, 5) is 21.8. The van der Waals surface area contributed by atoms with Crippen molar-refractivity contribution in [2.75, 3.05) is 17.3 Å². The van der Waals surface area contributed by atoms with Gasteiger partial charge in [-0.05, 0) is 24.5 Å². The lowest BCUT2D eigenvalue weighted by Crippen LogP contribution is -2.14. The standard InChI is InChI=1S/C17H15N3OS2/c1-22-15-9-5-4-8-14(15)20-16(21)10-23-17-12-6-2-3-7-13(12)18-11-19-17/h2-9,11H,10H2,1H3,(H,20,21). The molecule has 0 saturated heterocycles. The molecule has 1 N–H and O–H groups in total. The van der Waals surface area contributed by atoms with E-state index < -0.39 is 0 Å². The van der Waals surface area contributed by atoms with Crippen molar-refractivity contribution < 1.29 is 4.79 Å². The van der Waals surface area contributed by atoms with E-state index in [9.17, 15) is 4.79 Å². The molecule has 0 saturated carbocycles. The van der Waals surface area contributed by atoms with Gasteiger partial charge in [-0.3, -0.25) is 4.79 Å². The lowest BCUT2D eigenvalue weighted by atomic mass is 10.2. The Balaban J connectivity index is 1.69. The largest absolute Gasteiger partial charge is 0.324 e. The molecular formula is C17H15N3OS2. The molecule has 116 valence electrons. The Kier molecular flexibility index (Phi) is 5.15. The molecule has 0 aliphatic carbocycles. The molecule has 3 rings (SSSR count). The molecule has 23 heavy (non-hydrogen) atoms. The van der Waals surface area contributed by atoms with Crippen molar-refractivity contribution in [2.45, 2.75) is 9.92 Å². The number of hydrogen-bond acceptors (Lipinski definition) is 5. The minimum absolute atomic E-state index is 0.0424. The van der Waals surface area contributed by atoms with Crippen molar-refractivity contribution in [1.29, 1.82) is 0 Å². The summed E-state index contributed by atoms with van der Waals surface area (Å²) in [5, 5.41) is 4.75. The number of nitrogens with one attached hydrogen (secondary N) is 1. The Labute approximate surface area is 143 Å². The van der Waals surface area contributed by atoms with Crippen LogP contribution in [-0.4, -0.2) is 27.9 Å². The molecule has 4 nitrogen and oxygen atoms in total. The monoisotopic (exact) mass is 341 g/mol. The molecule has 1 aromatic heterocycles. The fraction of sp³-hybridized carbons (Fsp3) is 0.118. The van der Waals surface area contributed by atoms with Crippen molar-refractivity contribution in [2.24, 2.45) is 0 Å². The number of hydrogen-bond donors (Lipinski definition) is 1. The van der Waals surface area contributed by atoms with Gasteiger partial charge in [-0.25, -0.2) is 9.97 Å². The van der Waals surface area contributed by atoms with Crippen molar-refractivity contribution in [1.82, 2.24) is 9.97 Å². The number of amides is 1. The summed E-state index contributed by atoms with van der Waals surface area (Å²) in [5.74, 6) is 0.267. The van der Waals surface area contributed by atoms with E-state index in [2.05, 4.69) is 15.3 Å². The smallest absolute Gasteiger partial charge is 0.234 e. The first kappa shape index (κ1) is 15.8. The molecule has 0 aliphatic heterocycles. The van der Waals surface area contributed by atoms with E-state index in [0.29, 0.717) is 5.75 Å². The second kappa shape index (κ2) is 7.48. The van der Waals surface area contributed by atoms with Crippen molar-refractivity contribution in [3.8, 4) is 0 Å². The quantitative estimate of drug-likeness (QED) is 0.560. The second-order valence-corrected chi connectivity index (χ2v) is 6.55. The fourth-order valence-corrected chi connectivity index (χ4v) is 3.51. The predicted molar refractivity (Wildman–Crippen MR) is 97.1 cm³/mol. The van der Waals surface area contributed by atoms with Crippen LogP contribution in [0, 0.1) is 0 Å². The van der Waals surface area contributed by atoms with E-state index in [1.807, 2.05) is 54.8 Å². The maximum absolute atomic E-state index is 12.2. The first-order valence-corrected chi connectivity index (χ1v) is 9.24. The molecule has 0 aliphatic rings. The van der Waals surface area contributed by atoms with Crippen LogP contribution in [0.3, 0.4) is 0 Å². The van der Waals surface area contributed by atoms with Crippen LogP contribution >= 0.6 is 23.5 Å². The lowest BCUT2D eigenvalue weighted by molar-refractivity contribution is -0.113. The summed E-state index contributed by atoms with van der Waals surface area (Å²) in [7, 11) is 0. The molecule has 0 fully saturated rings. The van der Waals surface area contributed by atoms with Gasteiger partial charge < -0.3 is 5.32 Å². The zero-order chi connectivity index (χ0) is 16.1. The van der Waals surface area contributed by atoms with Gasteiger partial charge in [-0.15, -0.1) is 11.8 Å². The van der Waals surface area contributed by atoms with Crippen LogP contribution < -0.4 is 5.32 Å². The van der Waals surface area contributed by atoms with E-state index in [0.717, 1.165) is 26.5 Å². The van der Waals surface area contributed by atoms with Gasteiger partial charge >= 0.3 is 0 Å². The van der Waals surface area contributed by atoms with E-state index in [1.54, 1.807) is 11.8 Å². The Bertz CT molecular complexity index is 833. The van der Waals surface area contributed by atoms with E-state index in [1.165, 1.54) is 18.1 Å². The molecule has 1 amide bonds. The third kappa shape index (κ3) is 3.83. The topological polar surface area (TPSA) is 54.9 Å². The fourth-order valence-electron chi connectivity index (χ4n) is 2.16. The Hall–Kier alpha value is -2.05. The molecule has 2 aromatic carbocycles. The lowest BCUT2D eigenvalue weighted by Gasteiger charge is -2.09. The van der Waals surface area contributed by atoms with Gasteiger partial charge in [0.05, 0.1) is 17.0 Å². The van der Waals surface area contributed by atoms with Crippen LogP contribution in [0.1, 0.15) is 0 Å². The van der Waals surface area contributed by atoms with Gasteiger partial charge in [0.25, 0.3) is 0 Å². The van der Waals surface area contributed by atoms with Gasteiger partial charge in [0.1, 0.15) is 11.4 Å². The average Bonchev–Trinajstić information content (AvgIpc) is 2.60. The number of thioether (sulfide) groups is 2. The van der Waals surface area contributed by atoms with Crippen molar-refractivity contribution in [3.05, 3.63) is 54.9 Å². The van der Waals surface area contributed by atoms with E-state index in [4.69, 9.17) is 0 Å². The van der Waals surface area contributed by atoms with Gasteiger partial charge in [0.2, 0.25) is 5.91 Å². The van der Waals surface area contributed by atoms with Crippen molar-refractivity contribution in [3.63, 3.8) is 0 Å². The third-order valence-corrected chi connectivity index (χ3v) is 5.03. The number of benzene rings is 2. The van der Waals surface area contributed by atoms with Crippen LogP contribution in [0.4, 0.5) is 5.69 Å². The van der Waals surface area contributed by atoms with Gasteiger partial charge in [-0.2, -0.15) is 0 Å². The summed E-state index contributed by atoms with van der Waals surface area (Å²) in [6, 6.07) is 15.6. The molecule has 0 bridgehead atoms. The van der Waals surface area contributed by atoms with Crippen LogP contribution in [0.15, 0.2) is 64.8 Å². The minimum Gasteiger partial charge on any atom is -0.324 e. The summed E-state index contributed by atoms with van der Waals surface area (Å²) in [6.45, 7) is 0. The SMILES string of the molecule is CSc1ccccc1NC(=O)CSc1ncnc2ccccc12. The first-order chi connectivity index (χ1) is 11.3. The number of para-hydroxylation sites is 2. The zero-order valence-corrected chi connectivity index (χ0v) is 14.2. The highest BCUT2D eigenvalue weighted by Crippen LogP contribution is 2.26. The Morgan fingerprint density at radius 3 is 2.74 bits per heavy atom. The summed E-state index contributed by atoms with van der Waals surface area (Å²) < 4.78 is 0. The Morgan fingerprint density at radius 1 is 1.09 bits per heavy atom. The van der Waals surface area contributed by atoms with Gasteiger partial charge in [0.15, 0.2) is 0 Å². The number of nitrogens with zero attached hydrogens (tertiary/aromatic N) is 2. The maximum atomic E-state index is 12.2. The molecule has 0 atom stereocenters. The first-order valence-electron chi connectivity index (χ1n) is 7.03. The minimum atomic E-state index is -0.0424. The third-order valence-electron chi connectivity index (χ3n) is 3.23. The van der Waals surface area contributed by atoms with Crippen LogP contribution in [0.25, 0.3) is 10.9 Å². The number of fused-ring (bicyclic) bond motifs is 1. The van der Waals surface area contributed by atoms with E-state index in [-0.39, 0.29) is 5.91 Å². The van der Waals surface area contributed by atoms with Crippen LogP contribution in [-0.2, 0) is 4.79 Å². The van der Waals surface area contributed by atoms with Gasteiger partial charge in [-0.1, -0.05) is 42.1 Å².